The van der Waals surface area contributed by atoms with Crippen molar-refractivity contribution in [3.05, 3.63) is 0 Å². The van der Waals surface area contributed by atoms with E-state index in [4.69, 9.17) is 39.8 Å². The number of guanidine groups is 3. The van der Waals surface area contributed by atoms with Crippen LogP contribution in [0, 0.1) is 17.2 Å². The van der Waals surface area contributed by atoms with E-state index in [0.717, 1.165) is 0 Å². The maximum absolute atomic E-state index is 14.7. The largest absolute Gasteiger partial charge is 0.480 e. The van der Waals surface area contributed by atoms with Crippen LogP contribution >= 0.6 is 0 Å². The van der Waals surface area contributed by atoms with Gasteiger partial charge in [0.1, 0.15) is 54.4 Å². The molecule has 5 rings (SSSR count). The lowest BCUT2D eigenvalue weighted by atomic mass is 10.0. The van der Waals surface area contributed by atoms with Crippen molar-refractivity contribution < 1.29 is 53.1 Å². The number of likely N-dealkylation sites (tertiary alicyclic amines) is 5. The molecule has 0 saturated carbocycles. The van der Waals surface area contributed by atoms with E-state index in [9.17, 15) is 53.1 Å². The van der Waals surface area contributed by atoms with Gasteiger partial charge in [-0.1, -0.05) is 27.7 Å². The number of nitrogens with one attached hydrogen (secondary N) is 6. The molecule has 30 heteroatoms. The van der Waals surface area contributed by atoms with E-state index in [1.165, 1.54) is 19.6 Å². The zero-order chi connectivity index (χ0) is 61.2. The third-order valence-electron chi connectivity index (χ3n) is 16.1. The fraction of sp³-hybridized carbons (Fsp3) is 0.755. The van der Waals surface area contributed by atoms with Gasteiger partial charge in [-0.25, -0.2) is 4.79 Å². The molecule has 10 atom stereocenters. The fourth-order valence-electron chi connectivity index (χ4n) is 11.6. The molecule has 5 aliphatic heterocycles. The van der Waals surface area contributed by atoms with E-state index in [2.05, 4.69) is 36.6 Å². The van der Waals surface area contributed by atoms with Crippen LogP contribution in [0.4, 0.5) is 0 Å². The average molecular weight is 1170 g/mol. The second-order valence-corrected chi connectivity index (χ2v) is 22.9. The van der Waals surface area contributed by atoms with Crippen LogP contribution in [0.25, 0.3) is 0 Å². The first-order valence-corrected chi connectivity index (χ1v) is 29.2. The van der Waals surface area contributed by atoms with Crippen molar-refractivity contribution in [1.82, 2.24) is 51.1 Å². The minimum absolute atomic E-state index is 0.0342. The van der Waals surface area contributed by atoms with Crippen LogP contribution in [0.5, 0.6) is 0 Å². The lowest BCUT2D eigenvalue weighted by molar-refractivity contribution is -0.151. The SMILES string of the molecule is CC(C)[C@H](N)C(=O)N1CCC[C@H]1C(=O)N1CCC[C@H]1C(=O)N1CCC[C@H]1C(=O)N[C@H](C(=O)N1CCC[C@H]1C(=O)N1CCC[C@H]1C(=O)N[C@@H](CCCN=C(N)N)C(=O)N[C@@H](CCCNC(=N)N)C(=O)N[C@@H](CCCN=C(N)N)C(=O)O)C(C)C. The summed E-state index contributed by atoms with van der Waals surface area (Å²) >= 11 is 0. The number of carboxylic acid groups (broad SMARTS) is 1. The molecule has 5 fully saturated rings. The molecule has 5 saturated heterocycles. The number of aliphatic imine (C=N–C) groups is 2. The molecule has 5 heterocycles. The summed E-state index contributed by atoms with van der Waals surface area (Å²) in [5.41, 5.74) is 33.5. The Morgan fingerprint density at radius 2 is 0.880 bits per heavy atom. The van der Waals surface area contributed by atoms with Crippen molar-refractivity contribution in [3.63, 3.8) is 0 Å². The highest BCUT2D eigenvalue weighted by molar-refractivity contribution is 5.99. The number of hydrogen-bond acceptors (Lipinski definition) is 14. The molecule has 30 nitrogen and oxygen atoms in total. The van der Waals surface area contributed by atoms with Crippen molar-refractivity contribution in [2.45, 2.75) is 191 Å². The normalized spacial score (nSPS) is 22.3. The molecule has 0 aromatic heterocycles. The Labute approximate surface area is 484 Å². The van der Waals surface area contributed by atoms with Crippen molar-refractivity contribution in [1.29, 1.82) is 5.41 Å². The molecule has 0 aromatic rings. The molecule has 0 bridgehead atoms. The highest BCUT2D eigenvalue weighted by Crippen LogP contribution is 2.31. The van der Waals surface area contributed by atoms with Crippen LogP contribution < -0.4 is 61.0 Å². The number of rotatable bonds is 28. The second kappa shape index (κ2) is 31.2. The quantitative estimate of drug-likeness (QED) is 0.0202. The van der Waals surface area contributed by atoms with Crippen LogP contribution in [0.3, 0.4) is 0 Å². The van der Waals surface area contributed by atoms with E-state index in [1.54, 1.807) is 18.7 Å². The van der Waals surface area contributed by atoms with Gasteiger partial charge in [-0.15, -0.1) is 0 Å². The van der Waals surface area contributed by atoms with Crippen molar-refractivity contribution >= 4 is 77.0 Å². The molecular formula is C53H91N19O11. The predicted molar refractivity (Wildman–Crippen MR) is 306 cm³/mol. The summed E-state index contributed by atoms with van der Waals surface area (Å²) in [6, 6.07) is -10.4. The van der Waals surface area contributed by atoms with Gasteiger partial charge in [-0.2, -0.15) is 0 Å². The van der Waals surface area contributed by atoms with Gasteiger partial charge in [0.25, 0.3) is 0 Å². The number of aliphatic carboxylic acids is 1. The predicted octanol–water partition coefficient (Wildman–Crippen LogP) is -4.03. The molecule has 464 valence electrons. The molecule has 0 aromatic carbocycles. The zero-order valence-corrected chi connectivity index (χ0v) is 48.5. The lowest BCUT2D eigenvalue weighted by Crippen LogP contribution is -2.60. The number of hydrogen-bond donors (Lipinski definition) is 13. The number of amides is 9. The molecule has 5 aliphatic rings. The number of carboxylic acids is 1. The molecule has 19 N–H and O–H groups in total. The minimum atomic E-state index is -1.38. The summed E-state index contributed by atoms with van der Waals surface area (Å²) < 4.78 is 0. The van der Waals surface area contributed by atoms with Crippen molar-refractivity contribution in [3.8, 4) is 0 Å². The van der Waals surface area contributed by atoms with Gasteiger partial charge >= 0.3 is 5.97 Å². The standard InChI is InChI=1S/C53H91N19O11/c1-29(2)39(54)48(80)71-27-11-19-37(71)47(79)70-26-10-18-36(70)45(77)69-25-9-17-35(69)44(76)67-40(30(3)4)49(81)72-28-12-20-38(72)46(78)68-24-8-16-34(68)43(75)65-32(14-6-22-62-52(57)58)41(73)64-31(13-5-21-61-51(55)56)42(74)66-33(50(82)83)15-7-23-63-53(59)60/h29-40H,5-28,54H2,1-4H3,(H,64,73)(H,65,75)(H,66,74)(H,67,76)(H,82,83)(H4,55,56,61)(H4,57,58,62)(H4,59,60,63)/t31-,32-,33-,34-,35-,36-,37-,38-,39-,40-/m0/s1. The Bertz CT molecular complexity index is 2420. The van der Waals surface area contributed by atoms with Crippen molar-refractivity contribution in [2.75, 3.05) is 52.4 Å². The first-order chi connectivity index (χ1) is 39.3. The maximum Gasteiger partial charge on any atom is 0.326 e. The highest BCUT2D eigenvalue weighted by Gasteiger charge is 2.48. The van der Waals surface area contributed by atoms with E-state index < -0.39 is 108 Å². The summed E-state index contributed by atoms with van der Waals surface area (Å²) in [5.74, 6) is -7.48. The highest BCUT2D eigenvalue weighted by atomic mass is 16.4. The maximum atomic E-state index is 14.7. The van der Waals surface area contributed by atoms with Crippen LogP contribution in [0.1, 0.15) is 130 Å². The second-order valence-electron chi connectivity index (χ2n) is 22.9. The summed E-state index contributed by atoms with van der Waals surface area (Å²) in [7, 11) is 0. The van der Waals surface area contributed by atoms with E-state index >= 15 is 0 Å². The Morgan fingerprint density at radius 1 is 0.506 bits per heavy atom. The van der Waals surface area contributed by atoms with Gasteiger partial charge in [0.15, 0.2) is 17.9 Å². The van der Waals surface area contributed by atoms with Gasteiger partial charge in [-0.05, 0) is 115 Å². The Hall–Kier alpha value is -7.53. The van der Waals surface area contributed by atoms with Gasteiger partial charge < -0.3 is 90.6 Å². The van der Waals surface area contributed by atoms with Gasteiger partial charge in [-0.3, -0.25) is 58.5 Å². The topological polar surface area (TPSA) is 472 Å². The Balaban J connectivity index is 1.26. The van der Waals surface area contributed by atoms with Crippen LogP contribution in [0.2, 0.25) is 0 Å². The van der Waals surface area contributed by atoms with Crippen LogP contribution in [-0.4, -0.2) is 219 Å². The van der Waals surface area contributed by atoms with Crippen LogP contribution in [-0.2, 0) is 47.9 Å². The third-order valence-corrected chi connectivity index (χ3v) is 16.1. The molecule has 0 spiro atoms. The molecule has 9 amide bonds. The van der Waals surface area contributed by atoms with E-state index in [0.29, 0.717) is 64.5 Å². The molecular weight excluding hydrogens is 1080 g/mol. The third kappa shape index (κ3) is 18.0. The van der Waals surface area contributed by atoms with Crippen molar-refractivity contribution in [2.24, 2.45) is 56.2 Å². The Kier molecular flexibility index (Phi) is 24.9. The van der Waals surface area contributed by atoms with Gasteiger partial charge in [0.05, 0.1) is 6.04 Å². The number of nitrogens with two attached hydrogens (primary N) is 6. The number of carbonyl (C=O) groups excluding carboxylic acids is 9. The van der Waals surface area contributed by atoms with E-state index in [-0.39, 0.29) is 132 Å². The van der Waals surface area contributed by atoms with Gasteiger partial charge in [0, 0.05) is 52.4 Å². The smallest absolute Gasteiger partial charge is 0.326 e. The fourth-order valence-corrected chi connectivity index (χ4v) is 11.6. The average Bonchev–Trinajstić information content (AvgIpc) is 4.16. The minimum Gasteiger partial charge on any atom is -0.480 e. The molecule has 83 heavy (non-hydrogen) atoms. The zero-order valence-electron chi connectivity index (χ0n) is 48.5. The monoisotopic (exact) mass is 1170 g/mol. The first-order valence-electron chi connectivity index (χ1n) is 29.2. The first kappa shape index (κ1) is 66.3. The summed E-state index contributed by atoms with van der Waals surface area (Å²) in [6.07, 6.45) is 4.67. The summed E-state index contributed by atoms with van der Waals surface area (Å²) in [5, 5.41) is 30.8. The molecule has 0 aliphatic carbocycles. The van der Waals surface area contributed by atoms with Gasteiger partial charge in [0.2, 0.25) is 53.2 Å². The number of nitrogens with zero attached hydrogens (tertiary/aromatic N) is 7. The van der Waals surface area contributed by atoms with E-state index in [1.807, 2.05) is 13.8 Å². The number of carbonyl (C=O) groups is 10. The Morgan fingerprint density at radius 3 is 1.31 bits per heavy atom. The molecule has 0 radical (unpaired) electrons. The molecule has 0 unspecified atom stereocenters. The lowest BCUT2D eigenvalue weighted by Gasteiger charge is -2.36. The summed E-state index contributed by atoms with van der Waals surface area (Å²) in [4.78, 5) is 155. The van der Waals surface area contributed by atoms with Crippen LogP contribution in [0.15, 0.2) is 9.98 Å². The summed E-state index contributed by atoms with van der Waals surface area (Å²) in [6.45, 7) is 8.84.